The Morgan fingerprint density at radius 3 is 2.46 bits per heavy atom. The van der Waals surface area contributed by atoms with Crippen LogP contribution in [0.15, 0.2) is 36.1 Å². The lowest BCUT2D eigenvalue weighted by Gasteiger charge is -2.43. The molecule has 2 bridgehead atoms. The number of nitro benzene ring substituents is 1. The Labute approximate surface area is 139 Å². The number of ether oxygens (including phenoxy) is 1. The zero-order chi connectivity index (χ0) is 17.7. The maximum atomic E-state index is 12.5. The number of rotatable bonds is 3. The molecule has 126 valence electrons. The molecule has 0 amide bonds. The van der Waals surface area contributed by atoms with Gasteiger partial charge in [0.1, 0.15) is 5.76 Å². The Kier molecular flexibility index (Phi) is 3.59. The van der Waals surface area contributed by atoms with Crippen molar-refractivity contribution in [1.82, 2.24) is 0 Å². The highest BCUT2D eigenvalue weighted by Gasteiger charge is 2.59. The highest BCUT2D eigenvalue weighted by atomic mass is 16.6. The third kappa shape index (κ3) is 2.25. The number of carbonyl (C=O) groups is 2. The molecule has 3 rings (SSSR count). The van der Waals surface area contributed by atoms with Gasteiger partial charge < -0.3 is 4.74 Å². The third-order valence-corrected chi connectivity index (χ3v) is 5.91. The van der Waals surface area contributed by atoms with Crippen molar-refractivity contribution in [3.8, 4) is 0 Å². The minimum atomic E-state index is -0.602. The van der Waals surface area contributed by atoms with Gasteiger partial charge >= 0.3 is 5.97 Å². The van der Waals surface area contributed by atoms with E-state index in [1.807, 2.05) is 20.8 Å². The van der Waals surface area contributed by atoms with E-state index in [0.717, 1.165) is 12.8 Å². The molecule has 1 fully saturated rings. The molecule has 0 saturated heterocycles. The molecule has 24 heavy (non-hydrogen) atoms. The molecule has 6 heteroatoms. The summed E-state index contributed by atoms with van der Waals surface area (Å²) in [7, 11) is 0. The van der Waals surface area contributed by atoms with Crippen molar-refractivity contribution < 1.29 is 19.2 Å². The first kappa shape index (κ1) is 16.4. The number of fused-ring (bicyclic) bond motifs is 2. The molecule has 1 aromatic carbocycles. The monoisotopic (exact) mass is 329 g/mol. The molecule has 0 aliphatic heterocycles. The lowest BCUT2D eigenvalue weighted by Crippen LogP contribution is -2.44. The molecular formula is C18H19NO5. The zero-order valence-corrected chi connectivity index (χ0v) is 13.9. The molecule has 0 unspecified atom stereocenters. The van der Waals surface area contributed by atoms with Gasteiger partial charge in [-0.15, -0.1) is 0 Å². The number of hydrogen-bond donors (Lipinski definition) is 0. The second kappa shape index (κ2) is 5.26. The van der Waals surface area contributed by atoms with Crippen LogP contribution in [0.4, 0.5) is 5.69 Å². The first-order valence-corrected chi connectivity index (χ1v) is 7.89. The second-order valence-corrected chi connectivity index (χ2v) is 7.25. The maximum absolute atomic E-state index is 12.5. The van der Waals surface area contributed by atoms with Crippen molar-refractivity contribution in [3.63, 3.8) is 0 Å². The van der Waals surface area contributed by atoms with Gasteiger partial charge in [0.15, 0.2) is 5.78 Å². The van der Waals surface area contributed by atoms with E-state index in [0.29, 0.717) is 5.76 Å². The van der Waals surface area contributed by atoms with Crippen molar-refractivity contribution in [2.45, 2.75) is 33.6 Å². The van der Waals surface area contributed by atoms with E-state index in [1.54, 1.807) is 0 Å². The Hall–Kier alpha value is -2.50. The number of nitrogens with zero attached hydrogens (tertiary/aromatic N) is 1. The molecule has 6 nitrogen and oxygen atoms in total. The molecule has 0 spiro atoms. The summed E-state index contributed by atoms with van der Waals surface area (Å²) >= 11 is 0. The normalized spacial score (nSPS) is 27.5. The van der Waals surface area contributed by atoms with Crippen molar-refractivity contribution in [1.29, 1.82) is 0 Å². The smallest absolute Gasteiger partial charge is 0.343 e. The molecule has 2 atom stereocenters. The predicted octanol–water partition coefficient (Wildman–Crippen LogP) is 3.66. The summed E-state index contributed by atoms with van der Waals surface area (Å²) in [6, 6.07) is 5.23. The Morgan fingerprint density at radius 2 is 1.88 bits per heavy atom. The number of carbonyl (C=O) groups excluding carboxylic acids is 2. The number of ketones is 1. The Balaban J connectivity index is 1.83. The van der Waals surface area contributed by atoms with Gasteiger partial charge in [0.25, 0.3) is 5.69 Å². The first-order valence-electron chi connectivity index (χ1n) is 7.89. The predicted molar refractivity (Wildman–Crippen MR) is 86.2 cm³/mol. The van der Waals surface area contributed by atoms with E-state index >= 15 is 0 Å². The Bertz CT molecular complexity index is 762. The van der Waals surface area contributed by atoms with Gasteiger partial charge in [-0.25, -0.2) is 4.79 Å². The van der Waals surface area contributed by atoms with Crippen LogP contribution in [0.1, 0.15) is 44.0 Å². The largest absolute Gasteiger partial charge is 0.427 e. The van der Waals surface area contributed by atoms with Crippen LogP contribution in [0, 0.1) is 26.9 Å². The summed E-state index contributed by atoms with van der Waals surface area (Å²) in [4.78, 5) is 35.0. The van der Waals surface area contributed by atoms with E-state index < -0.39 is 16.3 Å². The van der Waals surface area contributed by atoms with Crippen LogP contribution >= 0.6 is 0 Å². The highest BCUT2D eigenvalue weighted by molar-refractivity contribution is 5.98. The number of esters is 1. The lowest BCUT2D eigenvalue weighted by molar-refractivity contribution is -0.384. The summed E-state index contributed by atoms with van der Waals surface area (Å²) < 4.78 is 5.49. The number of non-ortho nitro benzene ring substituents is 1. The van der Waals surface area contributed by atoms with Gasteiger partial charge in [-0.1, -0.05) is 20.8 Å². The summed E-state index contributed by atoms with van der Waals surface area (Å²) in [5.74, 6) is -0.187. The average molecular weight is 329 g/mol. The van der Waals surface area contributed by atoms with Gasteiger partial charge in [-0.05, 0) is 30.4 Å². The van der Waals surface area contributed by atoms with Gasteiger partial charge in [-0.2, -0.15) is 0 Å². The summed E-state index contributed by atoms with van der Waals surface area (Å²) in [5.41, 5.74) is -0.561. The fraction of sp³-hybridized carbons (Fsp3) is 0.444. The number of allylic oxidation sites excluding steroid dienone is 2. The van der Waals surface area contributed by atoms with Crippen LogP contribution in [-0.4, -0.2) is 16.7 Å². The topological polar surface area (TPSA) is 86.5 Å². The fourth-order valence-corrected chi connectivity index (χ4v) is 3.81. The summed E-state index contributed by atoms with van der Waals surface area (Å²) in [5, 5.41) is 10.7. The molecular weight excluding hydrogens is 310 g/mol. The molecule has 2 aliphatic carbocycles. The molecule has 0 N–H and O–H groups in total. The molecule has 1 saturated carbocycles. The van der Waals surface area contributed by atoms with Crippen molar-refractivity contribution >= 4 is 17.4 Å². The van der Waals surface area contributed by atoms with Crippen molar-refractivity contribution in [2.24, 2.45) is 16.7 Å². The number of benzene rings is 1. The molecule has 2 aliphatic rings. The highest BCUT2D eigenvalue weighted by Crippen LogP contribution is 2.61. The molecule has 0 radical (unpaired) electrons. The van der Waals surface area contributed by atoms with Crippen LogP contribution in [-0.2, 0) is 9.53 Å². The van der Waals surface area contributed by atoms with Crippen LogP contribution in [0.25, 0.3) is 0 Å². The molecule has 0 heterocycles. The minimum absolute atomic E-state index is 0.00671. The molecule has 1 aromatic rings. The van der Waals surface area contributed by atoms with Gasteiger partial charge in [0.05, 0.1) is 10.5 Å². The van der Waals surface area contributed by atoms with Gasteiger partial charge in [-0.3, -0.25) is 14.9 Å². The first-order chi connectivity index (χ1) is 11.2. The van der Waals surface area contributed by atoms with E-state index in [-0.39, 0.29) is 28.4 Å². The van der Waals surface area contributed by atoms with Crippen molar-refractivity contribution in [3.05, 3.63) is 51.8 Å². The SMILES string of the molecule is CC1(C)[C@@H]2CC[C@@]1(C)C(=O)C=C2OC(=O)c1ccc([N+](=O)[O-])cc1. The Morgan fingerprint density at radius 1 is 1.25 bits per heavy atom. The standard InChI is InChI=1S/C18H19NO5/c1-17(2)13-8-9-18(17,3)15(20)10-14(13)24-16(21)11-4-6-12(7-5-11)19(22)23/h4-7,10,13H,8-9H2,1-3H3/t13-,18+/m1/s1. The van der Waals surface area contributed by atoms with E-state index in [2.05, 4.69) is 0 Å². The van der Waals surface area contributed by atoms with E-state index in [1.165, 1.54) is 30.3 Å². The quantitative estimate of drug-likeness (QED) is 0.480. The van der Waals surface area contributed by atoms with Crippen molar-refractivity contribution in [2.75, 3.05) is 0 Å². The van der Waals surface area contributed by atoms with Crippen LogP contribution in [0.5, 0.6) is 0 Å². The zero-order valence-electron chi connectivity index (χ0n) is 13.9. The van der Waals surface area contributed by atoms with Crippen LogP contribution in [0.3, 0.4) is 0 Å². The average Bonchev–Trinajstić information content (AvgIpc) is 2.68. The van der Waals surface area contributed by atoms with Gasteiger partial charge in [0, 0.05) is 29.5 Å². The van der Waals surface area contributed by atoms with Crippen LogP contribution < -0.4 is 0 Å². The fourth-order valence-electron chi connectivity index (χ4n) is 3.81. The number of nitro groups is 1. The van der Waals surface area contributed by atoms with Gasteiger partial charge in [0.2, 0.25) is 0 Å². The lowest BCUT2D eigenvalue weighted by atomic mass is 9.60. The third-order valence-electron chi connectivity index (χ3n) is 5.91. The maximum Gasteiger partial charge on any atom is 0.343 e. The summed E-state index contributed by atoms with van der Waals surface area (Å²) in [6.45, 7) is 6.05. The minimum Gasteiger partial charge on any atom is -0.427 e. The van der Waals surface area contributed by atoms with E-state index in [9.17, 15) is 19.7 Å². The second-order valence-electron chi connectivity index (χ2n) is 7.25. The summed E-state index contributed by atoms with van der Waals surface area (Å²) in [6.07, 6.45) is 3.03. The number of hydrogen-bond acceptors (Lipinski definition) is 5. The van der Waals surface area contributed by atoms with E-state index in [4.69, 9.17) is 4.74 Å². The molecule has 0 aromatic heterocycles. The van der Waals surface area contributed by atoms with Crippen LogP contribution in [0.2, 0.25) is 0 Å².